The van der Waals surface area contributed by atoms with Crippen molar-refractivity contribution in [2.24, 2.45) is 10.9 Å². The van der Waals surface area contributed by atoms with Crippen LogP contribution in [-0.2, 0) is 11.3 Å². The standard InChI is InChI=1S/C18H33N5O/c1-16(2)14-17(23-10-12-24-13-11-23)15-21-18(19-3)20-6-9-22-7-4-5-8-22/h4-5,7-8,16-17H,6,9-15H2,1-3H3,(H2,19,20,21). The van der Waals surface area contributed by atoms with E-state index in [1.165, 1.54) is 6.42 Å². The molecule has 0 aromatic carbocycles. The molecule has 6 heteroatoms. The minimum absolute atomic E-state index is 0.525. The number of aromatic nitrogens is 1. The molecule has 1 aliphatic heterocycles. The monoisotopic (exact) mass is 335 g/mol. The fourth-order valence-corrected chi connectivity index (χ4v) is 3.11. The summed E-state index contributed by atoms with van der Waals surface area (Å²) in [5.41, 5.74) is 0. The lowest BCUT2D eigenvalue weighted by Crippen LogP contribution is -2.51. The zero-order valence-electron chi connectivity index (χ0n) is 15.4. The van der Waals surface area contributed by atoms with Gasteiger partial charge in [0.25, 0.3) is 0 Å². The third kappa shape index (κ3) is 6.53. The topological polar surface area (TPSA) is 53.8 Å². The fourth-order valence-electron chi connectivity index (χ4n) is 3.11. The first kappa shape index (κ1) is 18.8. The van der Waals surface area contributed by atoms with Gasteiger partial charge in [0, 0.05) is 58.2 Å². The lowest BCUT2D eigenvalue weighted by molar-refractivity contribution is 0.0132. The quantitative estimate of drug-likeness (QED) is 0.557. The SMILES string of the molecule is CN=C(NCCn1cccc1)NCC(CC(C)C)N1CCOCC1. The van der Waals surface area contributed by atoms with Crippen LogP contribution >= 0.6 is 0 Å². The number of guanidine groups is 1. The average molecular weight is 335 g/mol. The molecular weight excluding hydrogens is 302 g/mol. The Morgan fingerprint density at radius 2 is 1.88 bits per heavy atom. The predicted molar refractivity (Wildman–Crippen MR) is 99.4 cm³/mol. The van der Waals surface area contributed by atoms with Gasteiger partial charge >= 0.3 is 0 Å². The van der Waals surface area contributed by atoms with Crippen molar-refractivity contribution in [1.29, 1.82) is 0 Å². The number of morpholine rings is 1. The number of nitrogens with one attached hydrogen (secondary N) is 2. The van der Waals surface area contributed by atoms with E-state index in [-0.39, 0.29) is 0 Å². The second kappa shape index (κ2) is 10.4. The maximum Gasteiger partial charge on any atom is 0.191 e. The number of rotatable bonds is 8. The lowest BCUT2D eigenvalue weighted by Gasteiger charge is -2.35. The zero-order valence-corrected chi connectivity index (χ0v) is 15.4. The number of hydrogen-bond donors (Lipinski definition) is 2. The van der Waals surface area contributed by atoms with Gasteiger partial charge in [-0.2, -0.15) is 0 Å². The van der Waals surface area contributed by atoms with Gasteiger partial charge in [-0.3, -0.25) is 9.89 Å². The van der Waals surface area contributed by atoms with Crippen molar-refractivity contribution in [2.45, 2.75) is 32.9 Å². The third-order valence-electron chi connectivity index (χ3n) is 4.36. The van der Waals surface area contributed by atoms with E-state index in [1.807, 2.05) is 19.2 Å². The summed E-state index contributed by atoms with van der Waals surface area (Å²) in [7, 11) is 1.83. The van der Waals surface area contributed by atoms with Crippen LogP contribution in [0.4, 0.5) is 0 Å². The molecule has 0 amide bonds. The normalized spacial score (nSPS) is 17.9. The largest absolute Gasteiger partial charge is 0.379 e. The summed E-state index contributed by atoms with van der Waals surface area (Å²) in [5.74, 6) is 1.56. The third-order valence-corrected chi connectivity index (χ3v) is 4.36. The second-order valence-electron chi connectivity index (χ2n) is 6.73. The van der Waals surface area contributed by atoms with Crippen LogP contribution < -0.4 is 10.6 Å². The summed E-state index contributed by atoms with van der Waals surface area (Å²) in [6.07, 6.45) is 5.34. The van der Waals surface area contributed by atoms with E-state index in [1.54, 1.807) is 0 Å². The molecule has 1 fully saturated rings. The molecule has 6 nitrogen and oxygen atoms in total. The van der Waals surface area contributed by atoms with Gasteiger partial charge in [-0.05, 0) is 24.5 Å². The van der Waals surface area contributed by atoms with Gasteiger partial charge in [0.2, 0.25) is 0 Å². The van der Waals surface area contributed by atoms with Gasteiger partial charge in [0.1, 0.15) is 0 Å². The molecule has 0 spiro atoms. The molecule has 2 rings (SSSR count). The molecule has 1 saturated heterocycles. The van der Waals surface area contributed by atoms with Gasteiger partial charge in [-0.15, -0.1) is 0 Å². The van der Waals surface area contributed by atoms with Crippen molar-refractivity contribution in [3.63, 3.8) is 0 Å². The smallest absolute Gasteiger partial charge is 0.191 e. The number of nitrogens with zero attached hydrogens (tertiary/aromatic N) is 3. The lowest BCUT2D eigenvalue weighted by atomic mass is 10.0. The molecule has 0 aliphatic carbocycles. The van der Waals surface area contributed by atoms with E-state index >= 15 is 0 Å². The Morgan fingerprint density at radius 3 is 2.50 bits per heavy atom. The molecule has 0 saturated carbocycles. The highest BCUT2D eigenvalue weighted by Crippen LogP contribution is 2.12. The first-order valence-corrected chi connectivity index (χ1v) is 9.06. The molecule has 2 heterocycles. The first-order chi connectivity index (χ1) is 11.7. The highest BCUT2D eigenvalue weighted by molar-refractivity contribution is 5.79. The van der Waals surface area contributed by atoms with Gasteiger partial charge < -0.3 is 19.9 Å². The average Bonchev–Trinajstić information content (AvgIpc) is 3.10. The van der Waals surface area contributed by atoms with Gasteiger partial charge in [0.15, 0.2) is 5.96 Å². The maximum absolute atomic E-state index is 5.49. The van der Waals surface area contributed by atoms with Crippen LogP contribution in [-0.4, -0.2) is 67.9 Å². The van der Waals surface area contributed by atoms with Gasteiger partial charge in [-0.25, -0.2) is 0 Å². The van der Waals surface area contributed by atoms with Crippen LogP contribution in [0, 0.1) is 5.92 Å². The highest BCUT2D eigenvalue weighted by atomic mass is 16.5. The molecule has 1 aromatic heterocycles. The van der Waals surface area contributed by atoms with Crippen LogP contribution in [0.3, 0.4) is 0 Å². The first-order valence-electron chi connectivity index (χ1n) is 9.06. The van der Waals surface area contributed by atoms with E-state index in [0.717, 1.165) is 51.9 Å². The Labute approximate surface area is 146 Å². The van der Waals surface area contributed by atoms with E-state index in [9.17, 15) is 0 Å². The maximum atomic E-state index is 5.49. The molecule has 136 valence electrons. The van der Waals surface area contributed by atoms with Crippen molar-refractivity contribution in [2.75, 3.05) is 46.4 Å². The molecular formula is C18H33N5O. The summed E-state index contributed by atoms with van der Waals surface area (Å²) in [4.78, 5) is 6.89. The minimum Gasteiger partial charge on any atom is -0.379 e. The zero-order chi connectivity index (χ0) is 17.2. The molecule has 0 bridgehead atoms. The Bertz CT molecular complexity index is 466. The summed E-state index contributed by atoms with van der Waals surface area (Å²) in [6.45, 7) is 11.0. The molecule has 1 aromatic rings. The fraction of sp³-hybridized carbons (Fsp3) is 0.722. The molecule has 1 aliphatic rings. The molecule has 0 radical (unpaired) electrons. The van der Waals surface area contributed by atoms with Crippen LogP contribution in [0.2, 0.25) is 0 Å². The number of ether oxygens (including phenoxy) is 1. The second-order valence-corrected chi connectivity index (χ2v) is 6.73. The molecule has 1 atom stereocenters. The van der Waals surface area contributed by atoms with Crippen LogP contribution in [0.1, 0.15) is 20.3 Å². The number of hydrogen-bond acceptors (Lipinski definition) is 3. The molecule has 24 heavy (non-hydrogen) atoms. The van der Waals surface area contributed by atoms with Crippen molar-refractivity contribution in [1.82, 2.24) is 20.1 Å². The minimum atomic E-state index is 0.525. The molecule has 1 unspecified atom stereocenters. The summed E-state index contributed by atoms with van der Waals surface area (Å²) >= 11 is 0. The van der Waals surface area contributed by atoms with E-state index in [2.05, 4.69) is 51.3 Å². The Kier molecular flexibility index (Phi) is 8.12. The van der Waals surface area contributed by atoms with Gasteiger partial charge in [-0.1, -0.05) is 13.8 Å². The van der Waals surface area contributed by atoms with Crippen molar-refractivity contribution in [3.8, 4) is 0 Å². The van der Waals surface area contributed by atoms with Crippen LogP contribution in [0.15, 0.2) is 29.5 Å². The Balaban J connectivity index is 1.77. The van der Waals surface area contributed by atoms with E-state index < -0.39 is 0 Å². The summed E-state index contributed by atoms with van der Waals surface area (Å²) in [5, 5.41) is 6.89. The van der Waals surface area contributed by atoms with Crippen molar-refractivity contribution < 1.29 is 4.74 Å². The van der Waals surface area contributed by atoms with E-state index in [0.29, 0.717) is 12.0 Å². The number of aliphatic imine (C=N–C) groups is 1. The van der Waals surface area contributed by atoms with Crippen molar-refractivity contribution in [3.05, 3.63) is 24.5 Å². The molecule has 2 N–H and O–H groups in total. The Morgan fingerprint density at radius 1 is 1.17 bits per heavy atom. The predicted octanol–water partition coefficient (Wildman–Crippen LogP) is 1.40. The summed E-state index contributed by atoms with van der Waals surface area (Å²) < 4.78 is 7.65. The van der Waals surface area contributed by atoms with E-state index in [4.69, 9.17) is 4.74 Å². The van der Waals surface area contributed by atoms with Crippen LogP contribution in [0.25, 0.3) is 0 Å². The van der Waals surface area contributed by atoms with Crippen LogP contribution in [0.5, 0.6) is 0 Å². The van der Waals surface area contributed by atoms with Gasteiger partial charge in [0.05, 0.1) is 13.2 Å². The summed E-state index contributed by atoms with van der Waals surface area (Å²) in [6, 6.07) is 4.62. The van der Waals surface area contributed by atoms with Crippen molar-refractivity contribution >= 4 is 5.96 Å². The Hall–Kier alpha value is -1.53. The highest BCUT2D eigenvalue weighted by Gasteiger charge is 2.22.